The van der Waals surface area contributed by atoms with Crippen LogP contribution in [0, 0.1) is 13.8 Å². The van der Waals surface area contributed by atoms with E-state index in [4.69, 9.17) is 0 Å². The van der Waals surface area contributed by atoms with E-state index in [2.05, 4.69) is 122 Å². The first-order valence-electron chi connectivity index (χ1n) is 15.2. The third-order valence-corrected chi connectivity index (χ3v) is 8.66. The molecule has 0 saturated carbocycles. The van der Waals surface area contributed by atoms with Gasteiger partial charge in [0.25, 0.3) is 0 Å². The summed E-state index contributed by atoms with van der Waals surface area (Å²) in [5.74, 6) is 0.485. The molecule has 0 saturated heterocycles. The molecular weight excluding hydrogens is 591 g/mol. The van der Waals surface area contributed by atoms with E-state index in [1.807, 2.05) is 74.6 Å². The van der Waals surface area contributed by atoms with E-state index in [9.17, 15) is 4.79 Å². The van der Waals surface area contributed by atoms with E-state index in [1.165, 1.54) is 28.6 Å². The van der Waals surface area contributed by atoms with Gasteiger partial charge in [0.2, 0.25) is 5.91 Å². The molecular formula is C39H51N3OS2. The number of hydrogen-bond donors (Lipinski definition) is 2. The number of carbonyl (C=O) groups is 1. The Bertz CT molecular complexity index is 1380. The summed E-state index contributed by atoms with van der Waals surface area (Å²) in [5.41, 5.74) is 8.07. The lowest BCUT2D eigenvalue weighted by molar-refractivity contribution is -0.113. The molecule has 0 heterocycles. The average Bonchev–Trinajstić information content (AvgIpc) is 3.02. The summed E-state index contributed by atoms with van der Waals surface area (Å²) in [6.45, 7) is 10.2. The first kappa shape index (κ1) is 37.7. The number of amides is 1. The number of hydrogen-bond acceptors (Lipinski definition) is 5. The second-order valence-electron chi connectivity index (χ2n) is 11.6. The quantitative estimate of drug-likeness (QED) is 0.160. The molecule has 1 amide bonds. The van der Waals surface area contributed by atoms with Crippen LogP contribution in [-0.4, -0.2) is 49.6 Å². The number of rotatable bonds is 11. The van der Waals surface area contributed by atoms with Gasteiger partial charge in [0.05, 0.1) is 5.75 Å². The number of nitrogens with zero attached hydrogens (tertiary/aromatic N) is 1. The van der Waals surface area contributed by atoms with E-state index in [0.717, 1.165) is 28.9 Å². The Morgan fingerprint density at radius 1 is 0.778 bits per heavy atom. The molecule has 0 aliphatic rings. The molecule has 0 aliphatic carbocycles. The fourth-order valence-corrected chi connectivity index (χ4v) is 4.60. The molecule has 2 N–H and O–H groups in total. The molecule has 0 bridgehead atoms. The minimum Gasteiger partial charge on any atom is -0.378 e. The molecule has 4 nitrogen and oxygen atoms in total. The smallest absolute Gasteiger partial charge is 0.234 e. The highest BCUT2D eigenvalue weighted by Crippen LogP contribution is 2.23. The van der Waals surface area contributed by atoms with Crippen LogP contribution in [0.2, 0.25) is 0 Å². The zero-order chi connectivity index (χ0) is 33.1. The molecule has 0 aromatic heterocycles. The summed E-state index contributed by atoms with van der Waals surface area (Å²) in [6.07, 6.45) is 8.31. The molecule has 4 rings (SSSR count). The topological polar surface area (TPSA) is 44.4 Å². The van der Waals surface area contributed by atoms with Crippen molar-refractivity contribution < 1.29 is 4.79 Å². The Labute approximate surface area is 281 Å². The molecule has 0 fully saturated rings. The van der Waals surface area contributed by atoms with E-state index < -0.39 is 0 Å². The molecule has 0 aliphatic heterocycles. The summed E-state index contributed by atoms with van der Waals surface area (Å²) in [5, 5.41) is 6.61. The highest BCUT2D eigenvalue weighted by atomic mass is 32.2. The number of anilines is 2. The normalized spacial score (nSPS) is 10.8. The maximum atomic E-state index is 12.1. The molecule has 45 heavy (non-hydrogen) atoms. The van der Waals surface area contributed by atoms with E-state index in [0.29, 0.717) is 12.3 Å². The van der Waals surface area contributed by atoms with Gasteiger partial charge in [0.1, 0.15) is 0 Å². The van der Waals surface area contributed by atoms with Crippen LogP contribution in [0.4, 0.5) is 11.4 Å². The Morgan fingerprint density at radius 3 is 1.78 bits per heavy atom. The van der Waals surface area contributed by atoms with Crippen molar-refractivity contribution in [3.63, 3.8) is 0 Å². The third kappa shape index (κ3) is 15.9. The van der Waals surface area contributed by atoms with Crippen molar-refractivity contribution in [3.8, 4) is 0 Å². The summed E-state index contributed by atoms with van der Waals surface area (Å²) in [7, 11) is 4.08. The lowest BCUT2D eigenvalue weighted by Crippen LogP contribution is -2.31. The fraction of sp³-hybridized carbons (Fsp3) is 0.308. The average molecular weight is 642 g/mol. The van der Waals surface area contributed by atoms with Crippen LogP contribution in [0.3, 0.4) is 0 Å². The minimum absolute atomic E-state index is 0.0301. The van der Waals surface area contributed by atoms with Crippen LogP contribution in [0.15, 0.2) is 103 Å². The van der Waals surface area contributed by atoms with E-state index in [-0.39, 0.29) is 10.7 Å². The van der Waals surface area contributed by atoms with Gasteiger partial charge in [-0.05, 0) is 81.2 Å². The van der Waals surface area contributed by atoms with Crippen LogP contribution in [0.5, 0.6) is 0 Å². The van der Waals surface area contributed by atoms with Crippen LogP contribution >= 0.6 is 23.5 Å². The van der Waals surface area contributed by atoms with Gasteiger partial charge in [0, 0.05) is 43.3 Å². The van der Waals surface area contributed by atoms with Gasteiger partial charge >= 0.3 is 0 Å². The molecule has 4 aromatic rings. The Balaban J connectivity index is 0.000000407. The zero-order valence-corrected chi connectivity index (χ0v) is 29.9. The van der Waals surface area contributed by atoms with Gasteiger partial charge in [0.15, 0.2) is 0 Å². The number of carbonyl (C=O) groups excluding carboxylic acids is 1. The van der Waals surface area contributed by atoms with E-state index >= 15 is 0 Å². The third-order valence-electron chi connectivity index (χ3n) is 6.86. The highest BCUT2D eigenvalue weighted by molar-refractivity contribution is 8.00. The van der Waals surface area contributed by atoms with Crippen molar-refractivity contribution in [2.75, 3.05) is 49.1 Å². The first-order valence-corrected chi connectivity index (χ1v) is 17.8. The van der Waals surface area contributed by atoms with Gasteiger partial charge in [-0.2, -0.15) is 23.5 Å². The van der Waals surface area contributed by atoms with Crippen molar-refractivity contribution in [2.45, 2.75) is 39.0 Å². The van der Waals surface area contributed by atoms with Crippen LogP contribution in [-0.2, 0) is 11.3 Å². The van der Waals surface area contributed by atoms with Gasteiger partial charge in [-0.15, -0.1) is 0 Å². The van der Waals surface area contributed by atoms with Crippen molar-refractivity contribution in [2.24, 2.45) is 0 Å². The van der Waals surface area contributed by atoms with Crippen molar-refractivity contribution in [1.29, 1.82) is 0 Å². The van der Waals surface area contributed by atoms with Gasteiger partial charge in [-0.25, -0.2) is 0 Å². The predicted molar refractivity (Wildman–Crippen MR) is 205 cm³/mol. The number of nitrogens with one attached hydrogen (secondary N) is 2. The maximum absolute atomic E-state index is 12.1. The second kappa shape index (κ2) is 20.6. The van der Waals surface area contributed by atoms with Crippen molar-refractivity contribution >= 4 is 53.0 Å². The van der Waals surface area contributed by atoms with E-state index in [1.54, 1.807) is 0 Å². The summed E-state index contributed by atoms with van der Waals surface area (Å²) in [4.78, 5) is 14.2. The lowest BCUT2D eigenvalue weighted by atomic mass is 10.1. The van der Waals surface area contributed by atoms with Crippen LogP contribution in [0.1, 0.15) is 41.7 Å². The molecule has 4 aromatic carbocycles. The monoisotopic (exact) mass is 641 g/mol. The predicted octanol–water partition coefficient (Wildman–Crippen LogP) is 9.45. The SMILES string of the molecule is CSCC(=O)Nc1ccc(/C=C/c2ccc(N(C)C)cc2)cc1CNCC(C)(C)SC.Cc1ccccc1.Cc1ccccc1. The largest absolute Gasteiger partial charge is 0.378 e. The fourth-order valence-electron chi connectivity index (χ4n) is 4.02. The maximum Gasteiger partial charge on any atom is 0.234 e. The van der Waals surface area contributed by atoms with Crippen molar-refractivity contribution in [3.05, 3.63) is 131 Å². The van der Waals surface area contributed by atoms with Gasteiger partial charge < -0.3 is 15.5 Å². The molecule has 0 unspecified atom stereocenters. The van der Waals surface area contributed by atoms with Crippen molar-refractivity contribution in [1.82, 2.24) is 5.32 Å². The molecule has 0 spiro atoms. The molecule has 0 atom stereocenters. The van der Waals surface area contributed by atoms with Gasteiger partial charge in [-0.1, -0.05) is 102 Å². The Morgan fingerprint density at radius 2 is 1.31 bits per heavy atom. The Kier molecular flexibility index (Phi) is 17.2. The van der Waals surface area contributed by atoms with Crippen LogP contribution in [0.25, 0.3) is 12.2 Å². The summed E-state index contributed by atoms with van der Waals surface area (Å²) >= 11 is 3.37. The number of thioether (sulfide) groups is 2. The summed E-state index contributed by atoms with van der Waals surface area (Å²) < 4.78 is 0.165. The zero-order valence-electron chi connectivity index (χ0n) is 28.3. The molecule has 240 valence electrons. The van der Waals surface area contributed by atoms with Crippen LogP contribution < -0.4 is 15.5 Å². The van der Waals surface area contributed by atoms with Gasteiger partial charge in [-0.3, -0.25) is 4.79 Å². The standard InChI is InChI=1S/C25H35N3OS2.2C7H8/c1-25(2,31-6)18-26-16-21-15-20(11-14-23(21)27-24(29)17-30-5)8-7-19-9-12-22(13-10-19)28(3)4;2*1-7-5-3-2-4-6-7/h7-15,26H,16-18H2,1-6H3,(H,27,29);2*2-6H,1H3/b8-7+;;. The second-order valence-corrected chi connectivity index (χ2v) is 14.0. The molecule has 6 heteroatoms. The number of aryl methyl sites for hydroxylation is 2. The minimum atomic E-state index is 0.0301. The summed E-state index contributed by atoms with van der Waals surface area (Å²) in [6, 6.07) is 35.2. The molecule has 0 radical (unpaired) electrons. The first-order chi connectivity index (χ1) is 21.5. The lowest BCUT2D eigenvalue weighted by Gasteiger charge is -2.23. The number of benzene rings is 4. The Hall–Kier alpha value is -3.45. The highest BCUT2D eigenvalue weighted by Gasteiger charge is 2.15.